The van der Waals surface area contributed by atoms with E-state index in [1.54, 1.807) is 10.7 Å². The highest BCUT2D eigenvalue weighted by atomic mass is 79.9. The van der Waals surface area contributed by atoms with Crippen molar-refractivity contribution in [3.05, 3.63) is 52.4 Å². The second-order valence-corrected chi connectivity index (χ2v) is 5.28. The van der Waals surface area contributed by atoms with Gasteiger partial charge in [-0.1, -0.05) is 22.0 Å². The number of ether oxygens (including phenoxy) is 1. The highest BCUT2D eigenvalue weighted by molar-refractivity contribution is 9.10. The van der Waals surface area contributed by atoms with Crippen molar-refractivity contribution in [2.45, 2.75) is 13.8 Å². The van der Waals surface area contributed by atoms with Gasteiger partial charge in [0.05, 0.1) is 5.69 Å². The van der Waals surface area contributed by atoms with Crippen LogP contribution >= 0.6 is 15.9 Å². The highest BCUT2D eigenvalue weighted by Gasteiger charge is 2.09. The molecular formula is C14H12BrN3O. The molecule has 3 rings (SSSR count). The van der Waals surface area contributed by atoms with E-state index in [2.05, 4.69) is 26.0 Å². The zero-order chi connectivity index (χ0) is 13.4. The molecule has 0 atom stereocenters. The summed E-state index contributed by atoms with van der Waals surface area (Å²) in [5.41, 5.74) is 2.85. The van der Waals surface area contributed by atoms with Crippen molar-refractivity contribution in [1.82, 2.24) is 14.6 Å². The zero-order valence-corrected chi connectivity index (χ0v) is 12.2. The Kier molecular flexibility index (Phi) is 2.98. The van der Waals surface area contributed by atoms with E-state index in [4.69, 9.17) is 4.74 Å². The number of fused-ring (bicyclic) bond motifs is 1. The van der Waals surface area contributed by atoms with Gasteiger partial charge in [-0.2, -0.15) is 5.10 Å². The summed E-state index contributed by atoms with van der Waals surface area (Å²) in [5.74, 6) is 1.35. The molecule has 0 saturated heterocycles. The van der Waals surface area contributed by atoms with Gasteiger partial charge in [0.2, 0.25) is 5.88 Å². The van der Waals surface area contributed by atoms with Crippen LogP contribution in [0, 0.1) is 13.8 Å². The molecule has 0 aliphatic carbocycles. The molecule has 4 nitrogen and oxygen atoms in total. The summed E-state index contributed by atoms with van der Waals surface area (Å²) in [4.78, 5) is 4.29. The molecule has 5 heteroatoms. The number of rotatable bonds is 2. The lowest BCUT2D eigenvalue weighted by atomic mass is 10.2. The summed E-state index contributed by atoms with van der Waals surface area (Å²) in [5, 5.41) is 4.34. The predicted molar refractivity (Wildman–Crippen MR) is 76.7 cm³/mol. The number of hydrogen-bond donors (Lipinski definition) is 0. The Balaban J connectivity index is 2.08. The van der Waals surface area contributed by atoms with Crippen LogP contribution in [0.15, 0.2) is 41.1 Å². The Hall–Kier alpha value is -1.88. The van der Waals surface area contributed by atoms with Gasteiger partial charge in [0, 0.05) is 16.9 Å². The minimum Gasteiger partial charge on any atom is -0.437 e. The maximum atomic E-state index is 5.91. The Morgan fingerprint density at radius 2 is 2.05 bits per heavy atom. The van der Waals surface area contributed by atoms with E-state index >= 15 is 0 Å². The van der Waals surface area contributed by atoms with E-state index in [-0.39, 0.29) is 0 Å². The van der Waals surface area contributed by atoms with E-state index in [0.717, 1.165) is 27.0 Å². The molecule has 2 heterocycles. The van der Waals surface area contributed by atoms with Crippen molar-refractivity contribution in [2.75, 3.05) is 0 Å². The maximum Gasteiger partial charge on any atom is 0.245 e. The van der Waals surface area contributed by atoms with Crippen LogP contribution < -0.4 is 4.74 Å². The van der Waals surface area contributed by atoms with Crippen LogP contribution in [0.2, 0.25) is 0 Å². The Morgan fingerprint density at radius 3 is 2.89 bits per heavy atom. The molecule has 0 aliphatic rings. The lowest BCUT2D eigenvalue weighted by Gasteiger charge is -2.08. The first-order valence-electron chi connectivity index (χ1n) is 5.88. The second-order valence-electron chi connectivity index (χ2n) is 4.36. The highest BCUT2D eigenvalue weighted by Crippen LogP contribution is 2.29. The zero-order valence-electron chi connectivity index (χ0n) is 10.6. The molecule has 0 N–H and O–H groups in total. The van der Waals surface area contributed by atoms with Crippen molar-refractivity contribution in [1.29, 1.82) is 0 Å². The summed E-state index contributed by atoms with van der Waals surface area (Å²) in [6.07, 6.45) is 3.49. The number of aromatic nitrogens is 3. The lowest BCUT2D eigenvalue weighted by Crippen LogP contribution is -1.95. The molecule has 0 saturated carbocycles. The first-order chi connectivity index (χ1) is 9.13. The average Bonchev–Trinajstić information content (AvgIpc) is 2.75. The summed E-state index contributed by atoms with van der Waals surface area (Å²) in [6.45, 7) is 3.95. The van der Waals surface area contributed by atoms with Crippen LogP contribution in [0.1, 0.15) is 11.3 Å². The van der Waals surface area contributed by atoms with Gasteiger partial charge in [-0.3, -0.25) is 0 Å². The van der Waals surface area contributed by atoms with Crippen LogP contribution in [-0.2, 0) is 0 Å². The van der Waals surface area contributed by atoms with Crippen molar-refractivity contribution in [3.63, 3.8) is 0 Å². The molecule has 0 unspecified atom stereocenters. The molecule has 3 aromatic rings. The number of halogens is 1. The van der Waals surface area contributed by atoms with E-state index in [0.29, 0.717) is 5.88 Å². The standard InChI is InChI=1S/C14H12BrN3O/c1-9-3-4-11(15)8-13(9)19-14-12-7-10(2)17-18(12)6-5-16-14/h3-8H,1-2H3. The van der Waals surface area contributed by atoms with Gasteiger partial charge in [-0.15, -0.1) is 0 Å². The van der Waals surface area contributed by atoms with Gasteiger partial charge in [-0.05, 0) is 37.6 Å². The molecule has 0 amide bonds. The molecule has 96 valence electrons. The molecule has 2 aromatic heterocycles. The minimum atomic E-state index is 0.560. The van der Waals surface area contributed by atoms with Gasteiger partial charge in [-0.25, -0.2) is 9.50 Å². The van der Waals surface area contributed by atoms with Crippen molar-refractivity contribution in [2.24, 2.45) is 0 Å². The topological polar surface area (TPSA) is 39.4 Å². The van der Waals surface area contributed by atoms with Crippen molar-refractivity contribution < 1.29 is 4.74 Å². The second kappa shape index (κ2) is 4.66. The van der Waals surface area contributed by atoms with Crippen molar-refractivity contribution >= 4 is 21.4 Å². The Bertz CT molecular complexity index is 752. The third kappa shape index (κ3) is 2.33. The number of aryl methyl sites for hydroxylation is 2. The number of benzene rings is 1. The Labute approximate surface area is 119 Å². The van der Waals surface area contributed by atoms with Crippen LogP contribution in [0.5, 0.6) is 11.6 Å². The molecule has 0 radical (unpaired) electrons. The molecular weight excluding hydrogens is 306 g/mol. The van der Waals surface area contributed by atoms with Crippen LogP contribution in [-0.4, -0.2) is 14.6 Å². The molecule has 0 aliphatic heterocycles. The maximum absolute atomic E-state index is 5.91. The van der Waals surface area contributed by atoms with E-state index in [1.165, 1.54) is 0 Å². The fourth-order valence-electron chi connectivity index (χ4n) is 1.89. The first-order valence-corrected chi connectivity index (χ1v) is 6.68. The first kappa shape index (κ1) is 12.2. The number of nitrogens with zero attached hydrogens (tertiary/aromatic N) is 3. The molecule has 0 spiro atoms. The summed E-state index contributed by atoms with van der Waals surface area (Å²) < 4.78 is 8.66. The number of hydrogen-bond acceptors (Lipinski definition) is 3. The van der Waals surface area contributed by atoms with E-state index in [1.807, 2.05) is 44.3 Å². The predicted octanol–water partition coefficient (Wildman–Crippen LogP) is 3.90. The van der Waals surface area contributed by atoms with Gasteiger partial charge in [0.25, 0.3) is 0 Å². The molecule has 19 heavy (non-hydrogen) atoms. The van der Waals surface area contributed by atoms with Gasteiger partial charge < -0.3 is 4.74 Å². The summed E-state index contributed by atoms with van der Waals surface area (Å²) in [6, 6.07) is 7.87. The largest absolute Gasteiger partial charge is 0.437 e. The average molecular weight is 318 g/mol. The Morgan fingerprint density at radius 1 is 1.21 bits per heavy atom. The molecule has 0 bridgehead atoms. The van der Waals surface area contributed by atoms with Crippen LogP contribution in [0.3, 0.4) is 0 Å². The fourth-order valence-corrected chi connectivity index (χ4v) is 2.23. The van der Waals surface area contributed by atoms with Crippen molar-refractivity contribution in [3.8, 4) is 11.6 Å². The van der Waals surface area contributed by atoms with E-state index in [9.17, 15) is 0 Å². The van der Waals surface area contributed by atoms with Gasteiger partial charge in [0.15, 0.2) is 0 Å². The smallest absolute Gasteiger partial charge is 0.245 e. The molecule has 0 fully saturated rings. The van der Waals surface area contributed by atoms with E-state index < -0.39 is 0 Å². The van der Waals surface area contributed by atoms with Crippen LogP contribution in [0.25, 0.3) is 5.52 Å². The molecule has 1 aromatic carbocycles. The fraction of sp³-hybridized carbons (Fsp3) is 0.143. The summed E-state index contributed by atoms with van der Waals surface area (Å²) >= 11 is 3.45. The lowest BCUT2D eigenvalue weighted by molar-refractivity contribution is 0.461. The normalized spacial score (nSPS) is 10.9. The minimum absolute atomic E-state index is 0.560. The summed E-state index contributed by atoms with van der Waals surface area (Å²) in [7, 11) is 0. The van der Waals surface area contributed by atoms with Crippen LogP contribution in [0.4, 0.5) is 0 Å². The quantitative estimate of drug-likeness (QED) is 0.719. The third-order valence-corrected chi connectivity index (χ3v) is 3.33. The monoisotopic (exact) mass is 317 g/mol. The van der Waals surface area contributed by atoms with Gasteiger partial charge >= 0.3 is 0 Å². The SMILES string of the molecule is Cc1cc2c(Oc3cc(Br)ccc3C)nccn2n1. The third-order valence-electron chi connectivity index (χ3n) is 2.83. The van der Waals surface area contributed by atoms with Gasteiger partial charge in [0.1, 0.15) is 11.3 Å².